The number of benzene rings is 2. The van der Waals surface area contributed by atoms with Gasteiger partial charge < -0.3 is 25.2 Å². The lowest BCUT2D eigenvalue weighted by Gasteiger charge is -2.27. The number of rotatable bonds is 6. The van der Waals surface area contributed by atoms with Gasteiger partial charge in [-0.1, -0.05) is 55.0 Å². The Kier molecular flexibility index (Phi) is 6.47. The van der Waals surface area contributed by atoms with E-state index in [4.69, 9.17) is 4.74 Å². The molecule has 0 radical (unpaired) electrons. The largest absolute Gasteiger partial charge is 0.480 e. The average Bonchev–Trinajstić information content (AvgIpc) is 3.57. The molecule has 2 aliphatic carbocycles. The van der Waals surface area contributed by atoms with E-state index in [1.54, 1.807) is 0 Å². The van der Waals surface area contributed by atoms with Crippen LogP contribution in [-0.4, -0.2) is 64.9 Å². The Morgan fingerprint density at radius 1 is 1.00 bits per heavy atom. The summed E-state index contributed by atoms with van der Waals surface area (Å²) in [6, 6.07) is 15.3. The minimum absolute atomic E-state index is 0.0245. The Morgan fingerprint density at radius 3 is 2.31 bits per heavy atom. The van der Waals surface area contributed by atoms with Crippen molar-refractivity contribution in [2.75, 3.05) is 19.7 Å². The van der Waals surface area contributed by atoms with Crippen LogP contribution in [0.2, 0.25) is 0 Å². The van der Waals surface area contributed by atoms with Crippen molar-refractivity contribution in [3.63, 3.8) is 0 Å². The number of fused-ring (bicyclic) bond motifs is 3. The monoisotopic (exact) mass is 478 g/mol. The van der Waals surface area contributed by atoms with Crippen molar-refractivity contribution in [3.8, 4) is 11.1 Å². The highest BCUT2D eigenvalue weighted by Gasteiger charge is 2.44. The first kappa shape index (κ1) is 23.4. The number of carboxylic acids is 1. The molecule has 3 aliphatic rings. The molecule has 4 atom stereocenters. The quantitative estimate of drug-likeness (QED) is 0.588. The molecule has 2 amide bonds. The highest BCUT2D eigenvalue weighted by atomic mass is 16.5. The summed E-state index contributed by atoms with van der Waals surface area (Å²) in [7, 11) is 0. The van der Waals surface area contributed by atoms with Crippen LogP contribution in [0.4, 0.5) is 4.79 Å². The van der Waals surface area contributed by atoms with Crippen molar-refractivity contribution in [1.82, 2.24) is 10.2 Å². The zero-order chi connectivity index (χ0) is 24.5. The SMILES string of the molecule is O=C(NC[C@@H]1CCC[C@@H]1C(=O)N1C[C@@H](O)C[C@H]1C(=O)O)OCC1c2ccccc2-c2ccccc21. The molecule has 35 heavy (non-hydrogen) atoms. The number of nitrogens with zero attached hydrogens (tertiary/aromatic N) is 1. The summed E-state index contributed by atoms with van der Waals surface area (Å²) in [5.74, 6) is -1.82. The van der Waals surface area contributed by atoms with Crippen LogP contribution < -0.4 is 5.32 Å². The van der Waals surface area contributed by atoms with Crippen LogP contribution >= 0.6 is 0 Å². The van der Waals surface area contributed by atoms with Gasteiger partial charge in [0.25, 0.3) is 0 Å². The predicted molar refractivity (Wildman–Crippen MR) is 128 cm³/mol. The number of carboxylic acid groups (broad SMARTS) is 1. The van der Waals surface area contributed by atoms with Crippen molar-refractivity contribution in [2.45, 2.75) is 43.7 Å². The Hall–Kier alpha value is -3.39. The predicted octanol–water partition coefficient (Wildman–Crippen LogP) is 2.99. The number of amides is 2. The lowest BCUT2D eigenvalue weighted by molar-refractivity contribution is -0.150. The number of ether oxygens (including phenoxy) is 1. The normalized spacial score (nSPS) is 25.2. The van der Waals surface area contributed by atoms with Crippen molar-refractivity contribution in [2.24, 2.45) is 11.8 Å². The molecule has 1 aliphatic heterocycles. The standard InChI is InChI=1S/C27H30N2O6/c30-17-12-24(26(32)33)29(14-17)25(31)18-11-5-6-16(18)13-28-27(34)35-15-23-21-9-3-1-7-19(21)20-8-2-4-10-22(20)23/h1-4,7-10,16-18,23-24,30H,5-6,11-15H2,(H,28,34)(H,32,33)/t16-,17-,18-,24-/m0/s1. The Labute approximate surface area is 203 Å². The maximum Gasteiger partial charge on any atom is 0.407 e. The summed E-state index contributed by atoms with van der Waals surface area (Å²) in [5.41, 5.74) is 4.61. The van der Waals surface area contributed by atoms with Crippen LogP contribution in [0.3, 0.4) is 0 Å². The van der Waals surface area contributed by atoms with Crippen LogP contribution in [0.1, 0.15) is 42.7 Å². The molecule has 2 aromatic rings. The first-order valence-corrected chi connectivity index (χ1v) is 12.2. The maximum atomic E-state index is 13.1. The highest BCUT2D eigenvalue weighted by molar-refractivity contribution is 5.86. The molecule has 0 aromatic heterocycles. The topological polar surface area (TPSA) is 116 Å². The maximum absolute atomic E-state index is 13.1. The number of aliphatic carboxylic acids is 1. The fourth-order valence-corrected chi connectivity index (χ4v) is 5.97. The third-order valence-electron chi connectivity index (χ3n) is 7.68. The fraction of sp³-hybridized carbons (Fsp3) is 0.444. The van der Waals surface area contributed by atoms with Gasteiger partial charge in [-0.2, -0.15) is 0 Å². The van der Waals surface area contributed by atoms with Gasteiger partial charge in [0.1, 0.15) is 12.6 Å². The van der Waals surface area contributed by atoms with Crippen LogP contribution in [0, 0.1) is 11.8 Å². The first-order chi connectivity index (χ1) is 16.9. The lowest BCUT2D eigenvalue weighted by atomic mass is 9.94. The Balaban J connectivity index is 1.17. The molecule has 0 spiro atoms. The smallest absolute Gasteiger partial charge is 0.407 e. The number of hydrogen-bond donors (Lipinski definition) is 3. The number of carbonyl (C=O) groups is 3. The number of likely N-dealkylation sites (tertiary alicyclic amines) is 1. The Morgan fingerprint density at radius 2 is 1.66 bits per heavy atom. The van der Waals surface area contributed by atoms with Crippen molar-refractivity contribution >= 4 is 18.0 Å². The summed E-state index contributed by atoms with van der Waals surface area (Å²) in [6.07, 6.45) is 0.963. The molecule has 1 saturated heterocycles. The van der Waals surface area contributed by atoms with Gasteiger partial charge in [0.2, 0.25) is 5.91 Å². The number of nitrogens with one attached hydrogen (secondary N) is 1. The third-order valence-corrected chi connectivity index (χ3v) is 7.68. The van der Waals surface area contributed by atoms with Crippen molar-refractivity contribution in [1.29, 1.82) is 0 Å². The van der Waals surface area contributed by atoms with Gasteiger partial charge in [-0.25, -0.2) is 9.59 Å². The molecule has 1 saturated carbocycles. The van der Waals surface area contributed by atoms with E-state index in [1.165, 1.54) is 4.90 Å². The van der Waals surface area contributed by atoms with Gasteiger partial charge in [-0.15, -0.1) is 0 Å². The molecule has 5 rings (SSSR count). The van der Waals surface area contributed by atoms with E-state index in [0.29, 0.717) is 13.0 Å². The van der Waals surface area contributed by atoms with Crippen LogP contribution in [0.25, 0.3) is 11.1 Å². The van der Waals surface area contributed by atoms with Crippen LogP contribution in [0.15, 0.2) is 48.5 Å². The van der Waals surface area contributed by atoms with Gasteiger partial charge >= 0.3 is 12.1 Å². The number of hydrogen-bond acceptors (Lipinski definition) is 5. The molecule has 0 unspecified atom stereocenters. The van der Waals surface area contributed by atoms with E-state index < -0.39 is 24.2 Å². The molecule has 8 nitrogen and oxygen atoms in total. The molecule has 3 N–H and O–H groups in total. The minimum atomic E-state index is -1.10. The van der Waals surface area contributed by atoms with E-state index >= 15 is 0 Å². The van der Waals surface area contributed by atoms with Crippen LogP contribution in [-0.2, 0) is 14.3 Å². The van der Waals surface area contributed by atoms with Gasteiger partial charge in [-0.05, 0) is 41.0 Å². The second-order valence-electron chi connectivity index (χ2n) is 9.74. The summed E-state index contributed by atoms with van der Waals surface area (Å²) >= 11 is 0. The van der Waals surface area contributed by atoms with E-state index in [0.717, 1.165) is 35.1 Å². The fourth-order valence-electron chi connectivity index (χ4n) is 5.97. The molecule has 184 valence electrons. The Bertz CT molecular complexity index is 1090. The number of carbonyl (C=O) groups excluding carboxylic acids is 2. The highest BCUT2D eigenvalue weighted by Crippen LogP contribution is 2.44. The third kappa shape index (κ3) is 4.50. The van der Waals surface area contributed by atoms with Crippen molar-refractivity contribution in [3.05, 3.63) is 59.7 Å². The van der Waals surface area contributed by atoms with Crippen LogP contribution in [0.5, 0.6) is 0 Å². The zero-order valence-electron chi connectivity index (χ0n) is 19.4. The number of aliphatic hydroxyl groups excluding tert-OH is 1. The number of β-amino-alcohol motifs (C(OH)–C–C–N with tert-alkyl or cyclic N) is 1. The molecule has 2 fully saturated rings. The van der Waals surface area contributed by atoms with Gasteiger partial charge in [0, 0.05) is 31.3 Å². The van der Waals surface area contributed by atoms with E-state index in [-0.39, 0.29) is 43.2 Å². The average molecular weight is 479 g/mol. The molecular weight excluding hydrogens is 448 g/mol. The minimum Gasteiger partial charge on any atom is -0.480 e. The van der Waals surface area contributed by atoms with E-state index in [1.807, 2.05) is 24.3 Å². The lowest BCUT2D eigenvalue weighted by Crippen LogP contribution is -2.45. The summed E-state index contributed by atoms with van der Waals surface area (Å²) in [4.78, 5) is 38.5. The second-order valence-corrected chi connectivity index (χ2v) is 9.74. The zero-order valence-corrected chi connectivity index (χ0v) is 19.4. The summed E-state index contributed by atoms with van der Waals surface area (Å²) in [5, 5.41) is 22.1. The van der Waals surface area contributed by atoms with E-state index in [2.05, 4.69) is 29.6 Å². The van der Waals surface area contributed by atoms with Crippen molar-refractivity contribution < 1.29 is 29.3 Å². The second kappa shape index (κ2) is 9.70. The molecule has 2 aromatic carbocycles. The van der Waals surface area contributed by atoms with Gasteiger partial charge in [0.15, 0.2) is 0 Å². The van der Waals surface area contributed by atoms with Gasteiger partial charge in [-0.3, -0.25) is 4.79 Å². The molecular formula is C27H30N2O6. The number of aliphatic hydroxyl groups is 1. The molecule has 1 heterocycles. The number of alkyl carbamates (subject to hydrolysis) is 1. The molecule has 0 bridgehead atoms. The van der Waals surface area contributed by atoms with E-state index in [9.17, 15) is 24.6 Å². The summed E-state index contributed by atoms with van der Waals surface area (Å²) < 4.78 is 5.60. The van der Waals surface area contributed by atoms with Gasteiger partial charge in [0.05, 0.1) is 6.10 Å². The first-order valence-electron chi connectivity index (χ1n) is 12.2. The molecule has 8 heteroatoms. The summed E-state index contributed by atoms with van der Waals surface area (Å²) in [6.45, 7) is 0.554.